The molecule has 1 fully saturated rings. The maximum atomic E-state index is 12.6. The highest BCUT2D eigenvalue weighted by Crippen LogP contribution is 2.28. The van der Waals surface area contributed by atoms with Gasteiger partial charge >= 0.3 is 5.97 Å². The largest absolute Gasteiger partial charge is 0.496 e. The molecule has 0 bridgehead atoms. The summed E-state index contributed by atoms with van der Waals surface area (Å²) in [4.78, 5) is 25.5. The van der Waals surface area contributed by atoms with Crippen LogP contribution < -0.4 is 4.74 Å². The summed E-state index contributed by atoms with van der Waals surface area (Å²) >= 11 is 7.49. The summed E-state index contributed by atoms with van der Waals surface area (Å²) in [6.45, 7) is 1.27. The quantitative estimate of drug-likeness (QED) is 0.769. The number of benzene rings is 1. The van der Waals surface area contributed by atoms with Crippen molar-refractivity contribution >= 4 is 35.2 Å². The predicted molar refractivity (Wildman–Crippen MR) is 86.8 cm³/mol. The monoisotopic (exact) mass is 343 g/mol. The number of likely N-dealkylation sites (tertiary alicyclic amines) is 1. The molecule has 1 aliphatic heterocycles. The summed E-state index contributed by atoms with van der Waals surface area (Å²) < 4.78 is 9.85. The second-order valence-electron chi connectivity index (χ2n) is 4.89. The normalized spacial score (nSPS) is 17.4. The molecule has 1 aromatic rings. The number of ether oxygens (including phenoxy) is 2. The number of esters is 1. The van der Waals surface area contributed by atoms with Gasteiger partial charge < -0.3 is 14.4 Å². The summed E-state index contributed by atoms with van der Waals surface area (Å²) in [5.41, 5.74) is 0.466. The molecule has 5 nitrogen and oxygen atoms in total. The number of halogens is 1. The van der Waals surface area contributed by atoms with Crippen LogP contribution in [-0.2, 0) is 9.53 Å². The third-order valence-electron chi connectivity index (χ3n) is 3.49. The number of thioether (sulfide) groups is 1. The molecule has 22 heavy (non-hydrogen) atoms. The van der Waals surface area contributed by atoms with Gasteiger partial charge in [0.1, 0.15) is 5.75 Å². The van der Waals surface area contributed by atoms with E-state index in [1.165, 1.54) is 26.0 Å². The Labute approximate surface area is 138 Å². The van der Waals surface area contributed by atoms with Gasteiger partial charge in [-0.1, -0.05) is 11.6 Å². The summed E-state index contributed by atoms with van der Waals surface area (Å²) in [5, 5.41) is 0.744. The lowest BCUT2D eigenvalue weighted by Gasteiger charge is -2.18. The lowest BCUT2D eigenvalue weighted by atomic mass is 10.1. The van der Waals surface area contributed by atoms with Crippen LogP contribution in [0.2, 0.25) is 5.02 Å². The minimum Gasteiger partial charge on any atom is -0.496 e. The molecule has 0 radical (unpaired) electrons. The molecule has 0 unspecified atom stereocenters. The average molecular weight is 344 g/mol. The molecule has 120 valence electrons. The third-order valence-corrected chi connectivity index (χ3v) is 4.98. The fraction of sp³-hybridized carbons (Fsp3) is 0.467. The van der Waals surface area contributed by atoms with E-state index < -0.39 is 0 Å². The van der Waals surface area contributed by atoms with Crippen LogP contribution in [0.25, 0.3) is 0 Å². The van der Waals surface area contributed by atoms with E-state index in [0.717, 1.165) is 6.42 Å². The second kappa shape index (κ2) is 7.74. The molecule has 7 heteroatoms. The van der Waals surface area contributed by atoms with E-state index in [9.17, 15) is 9.59 Å². The van der Waals surface area contributed by atoms with Gasteiger partial charge in [-0.05, 0) is 24.6 Å². The van der Waals surface area contributed by atoms with Crippen molar-refractivity contribution in [3.8, 4) is 5.75 Å². The zero-order chi connectivity index (χ0) is 16.1. The summed E-state index contributed by atoms with van der Waals surface area (Å²) in [5.74, 6) is 0.482. The minimum absolute atomic E-state index is 0.0967. The SMILES string of the molecule is COC(=O)CS[C@@H]1CCN(C(=O)c2cc(Cl)ccc2OC)C1. The maximum Gasteiger partial charge on any atom is 0.315 e. The van der Waals surface area contributed by atoms with E-state index in [1.54, 1.807) is 23.1 Å². The van der Waals surface area contributed by atoms with Gasteiger partial charge in [-0.2, -0.15) is 0 Å². The molecule has 0 aliphatic carbocycles. The average Bonchev–Trinajstić information content (AvgIpc) is 3.00. The Morgan fingerprint density at radius 1 is 1.41 bits per heavy atom. The zero-order valence-corrected chi connectivity index (χ0v) is 14.1. The number of amides is 1. The first kappa shape index (κ1) is 17.0. The molecule has 1 saturated heterocycles. The molecule has 0 aromatic heterocycles. The molecule has 2 rings (SSSR count). The fourth-order valence-corrected chi connectivity index (χ4v) is 3.53. The van der Waals surface area contributed by atoms with Crippen molar-refractivity contribution < 1.29 is 19.1 Å². The van der Waals surface area contributed by atoms with Gasteiger partial charge in [0.25, 0.3) is 5.91 Å². The van der Waals surface area contributed by atoms with Crippen LogP contribution >= 0.6 is 23.4 Å². The third kappa shape index (κ3) is 4.08. The van der Waals surface area contributed by atoms with Gasteiger partial charge in [0.2, 0.25) is 0 Å². The molecule has 1 heterocycles. The van der Waals surface area contributed by atoms with Crippen LogP contribution in [0.4, 0.5) is 0 Å². The lowest BCUT2D eigenvalue weighted by Crippen LogP contribution is -2.29. The Balaban J connectivity index is 2.00. The first-order chi connectivity index (χ1) is 10.5. The van der Waals surface area contributed by atoms with Crippen molar-refractivity contribution in [3.05, 3.63) is 28.8 Å². The Bertz CT molecular complexity index is 566. The van der Waals surface area contributed by atoms with Crippen molar-refractivity contribution in [1.29, 1.82) is 0 Å². The van der Waals surface area contributed by atoms with E-state index in [2.05, 4.69) is 4.74 Å². The van der Waals surface area contributed by atoms with Crippen molar-refractivity contribution in [1.82, 2.24) is 4.90 Å². The van der Waals surface area contributed by atoms with Crippen molar-refractivity contribution in [3.63, 3.8) is 0 Å². The number of carbonyl (C=O) groups is 2. The van der Waals surface area contributed by atoms with Crippen LogP contribution in [-0.4, -0.2) is 55.1 Å². The number of hydrogen-bond acceptors (Lipinski definition) is 5. The number of nitrogens with zero attached hydrogens (tertiary/aromatic N) is 1. The van der Waals surface area contributed by atoms with E-state index in [1.807, 2.05) is 0 Å². The Morgan fingerprint density at radius 3 is 2.86 bits per heavy atom. The first-order valence-corrected chi connectivity index (χ1v) is 8.29. The number of methoxy groups -OCH3 is 2. The summed E-state index contributed by atoms with van der Waals surface area (Å²) in [7, 11) is 2.90. The van der Waals surface area contributed by atoms with Crippen molar-refractivity contribution in [2.24, 2.45) is 0 Å². The minimum atomic E-state index is -0.244. The van der Waals surface area contributed by atoms with Crippen LogP contribution in [0.3, 0.4) is 0 Å². The highest BCUT2D eigenvalue weighted by molar-refractivity contribution is 8.00. The number of carbonyl (C=O) groups excluding carboxylic acids is 2. The zero-order valence-electron chi connectivity index (χ0n) is 12.5. The molecule has 0 spiro atoms. The molecule has 1 atom stereocenters. The summed E-state index contributed by atoms with van der Waals surface area (Å²) in [6.07, 6.45) is 0.857. The number of hydrogen-bond donors (Lipinski definition) is 0. The highest BCUT2D eigenvalue weighted by Gasteiger charge is 2.29. The molecular weight excluding hydrogens is 326 g/mol. The van der Waals surface area contributed by atoms with E-state index in [0.29, 0.717) is 35.2 Å². The van der Waals surface area contributed by atoms with Crippen LogP contribution in [0.5, 0.6) is 5.75 Å². The highest BCUT2D eigenvalue weighted by atomic mass is 35.5. The smallest absolute Gasteiger partial charge is 0.315 e. The molecule has 0 saturated carbocycles. The Kier molecular flexibility index (Phi) is 5.97. The molecule has 1 aromatic carbocycles. The predicted octanol–water partition coefficient (Wildman–Crippen LogP) is 2.47. The second-order valence-corrected chi connectivity index (χ2v) is 6.62. The van der Waals surface area contributed by atoms with Gasteiger partial charge in [-0.3, -0.25) is 9.59 Å². The van der Waals surface area contributed by atoms with Crippen molar-refractivity contribution in [2.45, 2.75) is 11.7 Å². The van der Waals surface area contributed by atoms with Crippen LogP contribution in [0.15, 0.2) is 18.2 Å². The first-order valence-electron chi connectivity index (χ1n) is 6.86. The standard InChI is InChI=1S/C15H18ClNO4S/c1-20-13-4-3-10(16)7-12(13)15(19)17-6-5-11(8-17)22-9-14(18)21-2/h3-4,7,11H,5-6,8-9H2,1-2H3/t11-/m1/s1. The number of rotatable bonds is 5. The summed E-state index contributed by atoms with van der Waals surface area (Å²) in [6, 6.07) is 5.00. The van der Waals surface area contributed by atoms with Gasteiger partial charge in [0.05, 0.1) is 25.5 Å². The van der Waals surface area contributed by atoms with E-state index in [4.69, 9.17) is 16.3 Å². The van der Waals surface area contributed by atoms with Gasteiger partial charge in [-0.15, -0.1) is 11.8 Å². The Morgan fingerprint density at radius 2 is 2.18 bits per heavy atom. The van der Waals surface area contributed by atoms with E-state index >= 15 is 0 Å². The van der Waals surface area contributed by atoms with Crippen LogP contribution in [0.1, 0.15) is 16.8 Å². The van der Waals surface area contributed by atoms with E-state index in [-0.39, 0.29) is 17.1 Å². The molecule has 1 amide bonds. The maximum absolute atomic E-state index is 12.6. The topological polar surface area (TPSA) is 55.8 Å². The molecular formula is C15H18ClNO4S. The van der Waals surface area contributed by atoms with Crippen molar-refractivity contribution in [2.75, 3.05) is 33.1 Å². The fourth-order valence-electron chi connectivity index (χ4n) is 2.31. The molecule has 0 N–H and O–H groups in total. The van der Waals surface area contributed by atoms with Crippen LogP contribution in [0, 0.1) is 0 Å². The lowest BCUT2D eigenvalue weighted by molar-refractivity contribution is -0.137. The van der Waals surface area contributed by atoms with Gasteiger partial charge in [-0.25, -0.2) is 0 Å². The van der Waals surface area contributed by atoms with Gasteiger partial charge in [0.15, 0.2) is 0 Å². The van der Waals surface area contributed by atoms with Gasteiger partial charge in [0, 0.05) is 23.4 Å². The Hall–Kier alpha value is -1.40. The molecule has 1 aliphatic rings.